The lowest BCUT2D eigenvalue weighted by Gasteiger charge is -2.64. The second-order valence-corrected chi connectivity index (χ2v) is 37.3. The van der Waals surface area contributed by atoms with Crippen LogP contribution in [-0.4, -0.2) is 186 Å². The van der Waals surface area contributed by atoms with E-state index in [1.807, 2.05) is 39.0 Å². The highest BCUT2D eigenvalue weighted by atomic mass is 127. The van der Waals surface area contributed by atoms with Crippen LogP contribution in [0.3, 0.4) is 0 Å². The first-order valence-corrected chi connectivity index (χ1v) is 41.2. The molecule has 27 heteroatoms. The summed E-state index contributed by atoms with van der Waals surface area (Å²) in [5.74, 6) is 1.09. The number of phenols is 1. The van der Waals surface area contributed by atoms with Gasteiger partial charge in [-0.15, -0.1) is 0 Å². The van der Waals surface area contributed by atoms with Crippen molar-refractivity contribution in [1.82, 2.24) is 0 Å². The Kier molecular flexibility index (Phi) is 24.6. The number of hydrogen-bond donors (Lipinski definition) is 10. The highest BCUT2D eigenvalue weighted by molar-refractivity contribution is 14.1. The van der Waals surface area contributed by atoms with Gasteiger partial charge in [-0.3, -0.25) is 19.2 Å². The molecule has 104 heavy (non-hydrogen) atoms. The smallest absolute Gasteiger partial charge is 0.331 e. The van der Waals surface area contributed by atoms with Crippen LogP contribution >= 0.6 is 90.4 Å². The van der Waals surface area contributed by atoms with E-state index in [0.717, 1.165) is 94.5 Å². The number of carboxylic acids is 1. The van der Waals surface area contributed by atoms with E-state index in [0.29, 0.717) is 49.9 Å². The number of ketones is 3. The molecule has 0 aromatic heterocycles. The van der Waals surface area contributed by atoms with Crippen LogP contribution in [-0.2, 0) is 63.6 Å². The molecule has 27 atom stereocenters. The Hall–Kier alpha value is -2.43. The molecule has 0 bridgehead atoms. The topological polar surface area (TPSA) is 367 Å². The number of benzene rings is 2. The number of carbonyl (C=O) groups is 5. The number of hydrogen-bond acceptors (Lipinski definition) is 22. The Morgan fingerprint density at radius 3 is 1.88 bits per heavy atom. The minimum absolute atomic E-state index is 0.0206. The van der Waals surface area contributed by atoms with Gasteiger partial charge in [0.25, 0.3) is 0 Å². The highest BCUT2D eigenvalue weighted by Crippen LogP contribution is 2.71. The summed E-state index contributed by atoms with van der Waals surface area (Å²) in [7, 11) is 0. The molecule has 0 radical (unpaired) electrons. The summed E-state index contributed by atoms with van der Waals surface area (Å²) < 4.78 is 51.3. The number of aliphatic hydroxyl groups excluding tert-OH is 5. The lowest BCUT2D eigenvalue weighted by molar-refractivity contribution is -0.336. The molecule has 0 spiro atoms. The van der Waals surface area contributed by atoms with Crippen molar-refractivity contribution in [3.8, 4) is 17.2 Å². The van der Waals surface area contributed by atoms with Crippen LogP contribution in [0.15, 0.2) is 59.7 Å². The maximum Gasteiger partial charge on any atom is 0.331 e. The normalized spacial score (nSPS) is 43.1. The Balaban J connectivity index is 0.000000168. The summed E-state index contributed by atoms with van der Waals surface area (Å²) in [6.45, 7) is 13.6. The maximum absolute atomic E-state index is 13.3. The molecule has 0 amide bonds. The van der Waals surface area contributed by atoms with E-state index >= 15 is 0 Å². The Labute approximate surface area is 661 Å². The first kappa shape index (κ1) is 81.1. The first-order valence-electron chi connectivity index (χ1n) is 36.9. The van der Waals surface area contributed by atoms with Crippen molar-refractivity contribution in [1.29, 1.82) is 0 Å². The van der Waals surface area contributed by atoms with Crippen molar-refractivity contribution in [2.45, 2.75) is 261 Å². The number of allylic oxidation sites excluding steroid dienone is 4. The molecule has 574 valence electrons. The molecule has 8 aliphatic carbocycles. The van der Waals surface area contributed by atoms with E-state index in [1.165, 1.54) is 0 Å². The van der Waals surface area contributed by atoms with Gasteiger partial charge in [0.1, 0.15) is 60.5 Å². The SMILES string of the molecule is C[C@H]1O[C@@H](O[C@H]2[C@@H](O)C[C@H](O[C@H]3[C@@H](O)C[C@H](O[C@H]4CC[C@@]5(C)[C@H](CC[C@@H]6[C@@H]5CC[C@]5(C)[C@@H](C7=CC(=O)OC7)CC[C@]65O)C4)O[C@@H]3C)O[C@@H]2C)C[C@H](O)[C@@H]1O.C[C@]12C=CC(=O)C=C1CC[C@@H]1[C@@H]2C(=O)C[C@@]2(C)[C@H]1CC[C@]2(O)C(=O)CO.N[C@@H](Cc1cc(I)c(Oc2cc(I)c(O)c(I)c2)c(I)c1)C(=O)O. The molecule has 11 N–H and O–H groups in total. The van der Waals surface area contributed by atoms with E-state index < -0.39 is 120 Å². The molecule has 2 aromatic carbocycles. The van der Waals surface area contributed by atoms with Gasteiger partial charge >= 0.3 is 11.9 Å². The van der Waals surface area contributed by atoms with E-state index in [-0.39, 0.29) is 102 Å². The minimum Gasteiger partial charge on any atom is -0.506 e. The third-order valence-electron chi connectivity index (χ3n) is 26.9. The number of aliphatic hydroxyl groups is 7. The number of esters is 1. The second-order valence-electron chi connectivity index (χ2n) is 32.6. The van der Waals surface area contributed by atoms with Gasteiger partial charge in [-0.2, -0.15) is 0 Å². The fourth-order valence-electron chi connectivity index (χ4n) is 21.3. The summed E-state index contributed by atoms with van der Waals surface area (Å²) in [6, 6.07) is 6.34. The van der Waals surface area contributed by atoms with Crippen LogP contribution in [0.1, 0.15) is 163 Å². The zero-order chi connectivity index (χ0) is 75.2. The van der Waals surface area contributed by atoms with Gasteiger partial charge < -0.3 is 89.6 Å². The molecule has 10 fully saturated rings. The number of cyclic esters (lactones) is 1. The highest BCUT2D eigenvalue weighted by Gasteiger charge is 2.70. The zero-order valence-corrected chi connectivity index (χ0v) is 68.4. The van der Waals surface area contributed by atoms with Crippen molar-refractivity contribution in [2.75, 3.05) is 13.2 Å². The quantitative estimate of drug-likeness (QED) is 0.0478. The van der Waals surface area contributed by atoms with Crippen LogP contribution < -0.4 is 10.5 Å². The monoisotopic (exact) mass is 1900 g/mol. The Morgan fingerprint density at radius 2 is 1.29 bits per heavy atom. The molecular weight excluding hydrogens is 1800 g/mol. The molecule has 3 saturated heterocycles. The average molecular weight is 1900 g/mol. The first-order chi connectivity index (χ1) is 48.9. The Bertz CT molecular complexity index is 3620. The summed E-state index contributed by atoms with van der Waals surface area (Å²) in [4.78, 5) is 60.2. The molecule has 4 heterocycles. The van der Waals surface area contributed by atoms with Gasteiger partial charge in [0.15, 0.2) is 36.2 Å². The fraction of sp³-hybridized carbons (Fsp3) is 0.701. The average Bonchev–Trinajstić information content (AvgIpc) is 1.47. The number of phenolic OH excluding ortho intramolecular Hbond substituents is 1. The number of carboxylic acid groups (broad SMARTS) is 1. The van der Waals surface area contributed by atoms with Crippen molar-refractivity contribution in [3.63, 3.8) is 0 Å². The minimum atomic E-state index is -1.62. The van der Waals surface area contributed by atoms with Gasteiger partial charge in [0.2, 0.25) is 0 Å². The standard InChI is InChI=1S/C41H64O13.C21H26O5.C15H11I4NO4/c1-20-36(46)29(42)16-34(49-20)53-38-22(3)51-35(18-31(38)44)54-37-21(2)50-33(17-30(37)43)52-25-8-11-39(4)24(15-25)6-7-28-27(39)9-12-40(5)26(10-13-41(28,40)47)23-14-32(45)48-19-23;1-19-7-5-13(23)9-12(19)3-4-14-15-6-8-21(26,17(25)11-22)20(15,2)10-16(24)18(14)19;16-8-4-7(5-9(17)13(8)21)24-14-10(18)1-6(2-11(14)19)3-12(20)15(22)23/h14,20-22,24-31,33-38,42-44,46-47H,6-13,15-19H2,1-5H3;5,7,9,14-15,18,22,26H,3-4,6,8,10-11H2,1-2H3;1-2,4-5,12,21H,3,20H2,(H,22,23)/t20-,21-,22-,24-,25+,26-,27+,28-,29+,30+,31+,33+,34+,35+,36-,37-,38-,39+,40-,41+;14-,15-,18+,19-,20-,21-;12-/m100/s1. The molecule has 14 rings (SSSR count). The van der Waals surface area contributed by atoms with Crippen LogP contribution in [0.25, 0.3) is 0 Å². The summed E-state index contributed by atoms with van der Waals surface area (Å²) in [6.07, 6.45) is 9.99. The van der Waals surface area contributed by atoms with Gasteiger partial charge in [-0.25, -0.2) is 4.79 Å². The summed E-state index contributed by atoms with van der Waals surface area (Å²) >= 11 is 8.42. The zero-order valence-electron chi connectivity index (χ0n) is 59.8. The van der Waals surface area contributed by atoms with Crippen LogP contribution in [0.2, 0.25) is 0 Å². The van der Waals surface area contributed by atoms with Crippen molar-refractivity contribution < 1.29 is 108 Å². The molecule has 4 aliphatic heterocycles. The maximum atomic E-state index is 13.3. The van der Waals surface area contributed by atoms with Crippen LogP contribution in [0, 0.1) is 77.4 Å². The molecule has 23 nitrogen and oxygen atoms in total. The van der Waals surface area contributed by atoms with E-state index in [1.54, 1.807) is 44.2 Å². The van der Waals surface area contributed by atoms with E-state index in [9.17, 15) is 64.8 Å². The predicted octanol–water partition coefficient (Wildman–Crippen LogP) is 9.57. The number of aliphatic carboxylic acids is 1. The molecule has 7 saturated carbocycles. The number of nitrogens with two attached hydrogens (primary N) is 1. The number of rotatable bonds is 14. The molecule has 12 aliphatic rings. The second kappa shape index (κ2) is 31.6. The fourth-order valence-corrected chi connectivity index (χ4v) is 25.1. The number of halogens is 4. The van der Waals surface area contributed by atoms with Crippen LogP contribution in [0.4, 0.5) is 0 Å². The lowest BCUT2D eigenvalue weighted by atomic mass is 9.43. The van der Waals surface area contributed by atoms with E-state index in [4.69, 9.17) is 48.7 Å². The number of carbonyl (C=O) groups excluding carboxylic acids is 4. The van der Waals surface area contributed by atoms with Gasteiger partial charge in [0.05, 0.1) is 62.6 Å². The molecule has 0 unspecified atom stereocenters. The van der Waals surface area contributed by atoms with E-state index in [2.05, 4.69) is 104 Å². The summed E-state index contributed by atoms with van der Waals surface area (Å²) in [5.41, 5.74) is 4.80. The van der Waals surface area contributed by atoms with Crippen molar-refractivity contribution in [3.05, 3.63) is 79.6 Å². The third kappa shape index (κ3) is 15.3. The van der Waals surface area contributed by atoms with Gasteiger partial charge in [-0.05, 0) is 290 Å². The van der Waals surface area contributed by atoms with Crippen LogP contribution in [0.5, 0.6) is 17.2 Å². The largest absolute Gasteiger partial charge is 0.506 e. The predicted molar refractivity (Wildman–Crippen MR) is 410 cm³/mol. The van der Waals surface area contributed by atoms with Gasteiger partial charge in [-0.1, -0.05) is 39.3 Å². The lowest BCUT2D eigenvalue weighted by Crippen LogP contribution is -2.62. The number of aromatic hydroxyl groups is 1. The molecular formula is C77H101I4NO22. The number of ether oxygens (including phenoxy) is 8. The summed E-state index contributed by atoms with van der Waals surface area (Å²) in [5, 5.41) is 94.2. The van der Waals surface area contributed by atoms with Crippen molar-refractivity contribution in [2.24, 2.45) is 68.8 Å². The number of fused-ring (bicyclic) bond motifs is 10. The van der Waals surface area contributed by atoms with Crippen molar-refractivity contribution >= 4 is 120 Å². The molecule has 2 aromatic rings. The Morgan fingerprint density at radius 1 is 0.683 bits per heavy atom. The van der Waals surface area contributed by atoms with Gasteiger partial charge in [0, 0.05) is 53.9 Å². The third-order valence-corrected chi connectivity index (χ3v) is 30.2. The number of Topliss-reactive ketones (excluding diaryl/α,β-unsaturated/α-hetero) is 2.